The van der Waals surface area contributed by atoms with Crippen molar-refractivity contribution >= 4 is 70.0 Å². The zero-order chi connectivity index (χ0) is 37.1. The van der Waals surface area contributed by atoms with Crippen LogP contribution < -0.4 is 30.6 Å². The van der Waals surface area contributed by atoms with E-state index >= 15 is 0 Å². The third kappa shape index (κ3) is 5.01. The second-order valence-corrected chi connectivity index (χ2v) is 19.7. The van der Waals surface area contributed by atoms with E-state index in [0.29, 0.717) is 0 Å². The Labute approximate surface area is 330 Å². The van der Waals surface area contributed by atoms with Gasteiger partial charge in [-0.1, -0.05) is 196 Å². The predicted octanol–water partition coefficient (Wildman–Crippen LogP) is 12.7. The zero-order valence-electron chi connectivity index (χ0n) is 30.7. The lowest BCUT2D eigenvalue weighted by atomic mass is 10.00. The minimum Gasteiger partial charge on any atom is -0.310 e. The molecule has 264 valence electrons. The van der Waals surface area contributed by atoms with Crippen LogP contribution in [0, 0.1) is 0 Å². The van der Waals surface area contributed by atoms with Crippen LogP contribution in [-0.4, -0.2) is 0 Å². The molecule has 0 fully saturated rings. The fourth-order valence-corrected chi connectivity index (χ4v) is 16.2. The van der Waals surface area contributed by atoms with Crippen LogP contribution in [0.2, 0.25) is 0 Å². The molecule has 12 rings (SSSR count). The van der Waals surface area contributed by atoms with Crippen LogP contribution in [0.25, 0.3) is 44.5 Å². The molecule has 0 N–H and O–H groups in total. The first-order valence-corrected chi connectivity index (χ1v) is 23.0. The zero-order valence-corrected chi connectivity index (χ0v) is 33.3. The van der Waals surface area contributed by atoms with Crippen molar-refractivity contribution in [1.29, 1.82) is 0 Å². The second kappa shape index (κ2) is 13.6. The highest BCUT2D eigenvalue weighted by atomic mass is 32.4. The van der Waals surface area contributed by atoms with Crippen LogP contribution in [0.4, 0.5) is 22.7 Å². The van der Waals surface area contributed by atoms with E-state index in [1.54, 1.807) is 0 Å². The van der Waals surface area contributed by atoms with Crippen molar-refractivity contribution in [2.45, 2.75) is 13.8 Å². The molecule has 4 aliphatic rings. The van der Waals surface area contributed by atoms with Crippen LogP contribution in [0.3, 0.4) is 0 Å². The summed E-state index contributed by atoms with van der Waals surface area (Å²) in [7, 11) is -0.618. The SMILES string of the molecule is CC.S=P12c3ccccc3-c3ccccc3N1c1ccccc1-c1ccccc12.c1ccc2c(c1)-c1ccccc1P1c3ccccc3-c3ccccc3N21. The summed E-state index contributed by atoms with van der Waals surface area (Å²) in [6.07, 6.45) is -2.20. The smallest absolute Gasteiger partial charge is 0.0985 e. The number of hydrogen-bond acceptors (Lipinski definition) is 2. The highest BCUT2D eigenvalue weighted by Crippen LogP contribution is 2.66. The normalized spacial score (nSPS) is 14.1. The van der Waals surface area contributed by atoms with Gasteiger partial charge in [0.2, 0.25) is 0 Å². The van der Waals surface area contributed by atoms with Gasteiger partial charge < -0.3 is 9.34 Å². The van der Waals surface area contributed by atoms with E-state index in [1.807, 2.05) is 13.8 Å². The minimum atomic E-state index is -2.20. The molecule has 4 heterocycles. The van der Waals surface area contributed by atoms with E-state index in [-0.39, 0.29) is 0 Å². The molecule has 0 saturated carbocycles. The Morgan fingerprint density at radius 3 is 1.05 bits per heavy atom. The van der Waals surface area contributed by atoms with Gasteiger partial charge in [-0.3, -0.25) is 0 Å². The molecule has 5 heteroatoms. The highest BCUT2D eigenvalue weighted by Gasteiger charge is 2.44. The summed E-state index contributed by atoms with van der Waals surface area (Å²) in [6, 6.07) is 70.3. The first kappa shape index (κ1) is 34.0. The highest BCUT2D eigenvalue weighted by molar-refractivity contribution is 8.23. The topological polar surface area (TPSA) is 6.48 Å². The molecule has 8 aromatic rings. The van der Waals surface area contributed by atoms with Crippen molar-refractivity contribution in [2.75, 3.05) is 9.34 Å². The van der Waals surface area contributed by atoms with Gasteiger partial charge in [0.1, 0.15) is 0 Å². The van der Waals surface area contributed by atoms with Crippen LogP contribution >= 0.6 is 14.3 Å². The molecular weight excluding hydrogens is 723 g/mol. The molecule has 4 aliphatic heterocycles. The van der Waals surface area contributed by atoms with Crippen molar-refractivity contribution in [1.82, 2.24) is 0 Å². The van der Waals surface area contributed by atoms with E-state index in [4.69, 9.17) is 11.8 Å². The Kier molecular flexibility index (Phi) is 8.42. The maximum atomic E-state index is 6.63. The molecule has 0 bridgehead atoms. The first-order valence-electron chi connectivity index (χ1n) is 19.0. The molecule has 55 heavy (non-hydrogen) atoms. The standard InChI is InChI=1S/C24H16NPS.C24H16NP.C2H6/c27-26-23-15-7-3-11-19(23)17-9-1-5-13-21(17)25(26)22-14-6-2-10-18(22)20-12-4-8-16-24(20)26;1-5-13-21-17(9-1)19-11-3-7-15-23(19)26-24-16-8-4-12-20(24)18-10-2-6-14-22(18)25(21)26;1-2/h1-16H;1-16H;1-2H3. The molecule has 0 aliphatic carbocycles. The van der Waals surface area contributed by atoms with Crippen LogP contribution in [0.5, 0.6) is 0 Å². The fourth-order valence-electron chi connectivity index (χ4n) is 8.72. The number of rotatable bonds is 0. The van der Waals surface area contributed by atoms with Crippen molar-refractivity contribution in [2.24, 2.45) is 0 Å². The van der Waals surface area contributed by atoms with Gasteiger partial charge in [0, 0.05) is 43.5 Å². The maximum Gasteiger partial charge on any atom is 0.0985 e. The number of benzene rings is 8. The average molecular weight is 761 g/mol. The van der Waals surface area contributed by atoms with Gasteiger partial charge in [-0.25, -0.2) is 0 Å². The van der Waals surface area contributed by atoms with Crippen LogP contribution in [0.15, 0.2) is 194 Å². The molecule has 0 amide bonds. The Morgan fingerprint density at radius 1 is 0.345 bits per heavy atom. The summed E-state index contributed by atoms with van der Waals surface area (Å²) in [4.78, 5) is 0. The molecule has 0 aromatic heterocycles. The largest absolute Gasteiger partial charge is 0.310 e. The van der Waals surface area contributed by atoms with Gasteiger partial charge in [-0.05, 0) is 46.5 Å². The second-order valence-electron chi connectivity index (χ2n) is 13.6. The summed E-state index contributed by atoms with van der Waals surface area (Å²) < 4.78 is 5.06. The lowest BCUT2D eigenvalue weighted by molar-refractivity contribution is 1.38. The summed E-state index contributed by atoms with van der Waals surface area (Å²) in [5.74, 6) is 0. The van der Waals surface area contributed by atoms with Gasteiger partial charge in [-0.15, -0.1) is 0 Å². The summed E-state index contributed by atoms with van der Waals surface area (Å²) in [6.45, 7) is 4.00. The molecule has 0 unspecified atom stereocenters. The van der Waals surface area contributed by atoms with E-state index in [1.165, 1.54) is 88.5 Å². The number of fused-ring (bicyclic) bond motifs is 22. The predicted molar refractivity (Wildman–Crippen MR) is 243 cm³/mol. The summed E-state index contributed by atoms with van der Waals surface area (Å²) in [5, 5.41) is 5.48. The van der Waals surface area contributed by atoms with Crippen molar-refractivity contribution in [3.05, 3.63) is 194 Å². The Morgan fingerprint density at radius 2 is 0.636 bits per heavy atom. The quantitative estimate of drug-likeness (QED) is 0.142. The minimum absolute atomic E-state index is 0.618. The van der Waals surface area contributed by atoms with Crippen molar-refractivity contribution in [3.8, 4) is 44.5 Å². The Bertz CT molecular complexity index is 2550. The van der Waals surface area contributed by atoms with Gasteiger partial charge in [0.15, 0.2) is 0 Å². The molecule has 0 radical (unpaired) electrons. The molecule has 0 spiro atoms. The van der Waals surface area contributed by atoms with Crippen molar-refractivity contribution < 1.29 is 0 Å². The van der Waals surface area contributed by atoms with E-state index in [0.717, 1.165) is 0 Å². The van der Waals surface area contributed by atoms with E-state index < -0.39 is 14.3 Å². The van der Waals surface area contributed by atoms with Crippen molar-refractivity contribution in [3.63, 3.8) is 0 Å². The summed E-state index contributed by atoms with van der Waals surface area (Å²) in [5.41, 5.74) is 15.6. The monoisotopic (exact) mass is 760 g/mol. The Balaban J connectivity index is 0.000000130. The van der Waals surface area contributed by atoms with Crippen LogP contribution in [-0.2, 0) is 11.8 Å². The van der Waals surface area contributed by atoms with E-state index in [9.17, 15) is 0 Å². The average Bonchev–Trinajstić information content (AvgIpc) is 3.27. The fraction of sp³-hybridized carbons (Fsp3) is 0.0400. The van der Waals surface area contributed by atoms with Gasteiger partial charge >= 0.3 is 0 Å². The third-order valence-electron chi connectivity index (χ3n) is 10.9. The molecule has 8 aromatic carbocycles. The third-order valence-corrected chi connectivity index (χ3v) is 18.2. The van der Waals surface area contributed by atoms with E-state index in [2.05, 4.69) is 203 Å². The van der Waals surface area contributed by atoms with Gasteiger partial charge in [0.05, 0.1) is 37.0 Å². The lowest BCUT2D eigenvalue weighted by Gasteiger charge is -2.47. The first-order chi connectivity index (χ1) is 27.2. The van der Waals surface area contributed by atoms with Crippen LogP contribution in [0.1, 0.15) is 13.8 Å². The number of hydrogen-bond donors (Lipinski definition) is 0. The van der Waals surface area contributed by atoms with Gasteiger partial charge in [-0.2, -0.15) is 0 Å². The maximum absolute atomic E-state index is 6.63. The van der Waals surface area contributed by atoms with Gasteiger partial charge in [0.25, 0.3) is 0 Å². The molecular formula is C50H38N2P2S. The number of anilines is 4. The number of para-hydroxylation sites is 4. The molecule has 2 nitrogen and oxygen atoms in total. The number of nitrogens with zero attached hydrogens (tertiary/aromatic N) is 2. The lowest BCUT2D eigenvalue weighted by Crippen LogP contribution is -2.36. The molecule has 0 atom stereocenters. The summed E-state index contributed by atoms with van der Waals surface area (Å²) >= 11 is 6.63. The Hall–Kier alpha value is -5.56. The molecule has 0 saturated heterocycles.